The quantitative estimate of drug-likeness (QED) is 0.463. The molecule has 2 N–H and O–H groups in total. The highest BCUT2D eigenvalue weighted by molar-refractivity contribution is 6.08. The van der Waals surface area contributed by atoms with Crippen LogP contribution in [-0.4, -0.2) is 15.9 Å². The number of nitrogens with one attached hydrogen (secondary N) is 1. The molecule has 1 saturated carbocycles. The van der Waals surface area contributed by atoms with E-state index in [0.29, 0.717) is 24.1 Å². The Labute approximate surface area is 110 Å². The molecule has 3 rings (SSSR count). The molecule has 1 fully saturated rings. The van der Waals surface area contributed by atoms with Crippen LogP contribution in [-0.2, 0) is 10.2 Å². The standard InChI is InChI=1S/C11H10N2O4.C2H6/c14-8-5-6(13(16)17)4-7-9(8)12-10(15)11(7)2-1-3-11;1-2/h4-5,14H,1-3H2,(H,12,15);1-2H3. The third kappa shape index (κ3) is 1.75. The number of nitro groups is 1. The molecule has 0 aromatic heterocycles. The van der Waals surface area contributed by atoms with Crippen molar-refractivity contribution in [2.45, 2.75) is 38.5 Å². The van der Waals surface area contributed by atoms with E-state index in [9.17, 15) is 20.0 Å². The van der Waals surface area contributed by atoms with E-state index in [4.69, 9.17) is 0 Å². The number of anilines is 1. The number of hydrogen-bond acceptors (Lipinski definition) is 4. The zero-order valence-electron chi connectivity index (χ0n) is 10.9. The second-order valence-corrected chi connectivity index (χ2v) is 4.53. The molecule has 0 saturated heterocycles. The first kappa shape index (κ1) is 13.3. The van der Waals surface area contributed by atoms with Crippen LogP contribution < -0.4 is 5.32 Å². The fourth-order valence-corrected chi connectivity index (χ4v) is 2.61. The summed E-state index contributed by atoms with van der Waals surface area (Å²) < 4.78 is 0. The third-order valence-corrected chi connectivity index (χ3v) is 3.71. The van der Waals surface area contributed by atoms with Crippen LogP contribution in [0.25, 0.3) is 0 Å². The average Bonchev–Trinajstić information content (AvgIpc) is 2.64. The first-order valence-electron chi connectivity index (χ1n) is 6.38. The highest BCUT2D eigenvalue weighted by atomic mass is 16.6. The van der Waals surface area contributed by atoms with Crippen molar-refractivity contribution < 1.29 is 14.8 Å². The number of nitrogens with zero attached hydrogens (tertiary/aromatic N) is 1. The number of carbonyl (C=O) groups is 1. The summed E-state index contributed by atoms with van der Waals surface area (Å²) in [4.78, 5) is 22.1. The van der Waals surface area contributed by atoms with Crippen LogP contribution >= 0.6 is 0 Å². The van der Waals surface area contributed by atoms with Crippen molar-refractivity contribution in [1.82, 2.24) is 0 Å². The van der Waals surface area contributed by atoms with Gasteiger partial charge in [0.2, 0.25) is 5.91 Å². The molecule has 6 nitrogen and oxygen atoms in total. The predicted molar refractivity (Wildman–Crippen MR) is 70.3 cm³/mol. The van der Waals surface area contributed by atoms with Crippen molar-refractivity contribution >= 4 is 17.3 Å². The Kier molecular flexibility index (Phi) is 3.18. The van der Waals surface area contributed by atoms with Crippen LogP contribution in [0, 0.1) is 10.1 Å². The monoisotopic (exact) mass is 264 g/mol. The molecule has 1 spiro atoms. The normalized spacial score (nSPS) is 17.9. The molecule has 1 aromatic rings. The largest absolute Gasteiger partial charge is 0.505 e. The van der Waals surface area contributed by atoms with Gasteiger partial charge in [-0.25, -0.2) is 0 Å². The smallest absolute Gasteiger partial charge is 0.273 e. The van der Waals surface area contributed by atoms with Gasteiger partial charge in [0.25, 0.3) is 5.69 Å². The van der Waals surface area contributed by atoms with Crippen LogP contribution in [0.1, 0.15) is 38.7 Å². The number of non-ortho nitro benzene ring substituents is 1. The van der Waals surface area contributed by atoms with E-state index in [2.05, 4.69) is 5.32 Å². The number of fused-ring (bicyclic) bond motifs is 2. The molecule has 0 bridgehead atoms. The zero-order valence-corrected chi connectivity index (χ0v) is 10.9. The van der Waals surface area contributed by atoms with Crippen LogP contribution in [0.3, 0.4) is 0 Å². The van der Waals surface area contributed by atoms with Crippen molar-refractivity contribution in [2.24, 2.45) is 0 Å². The lowest BCUT2D eigenvalue weighted by Crippen LogP contribution is -2.40. The molecule has 0 atom stereocenters. The van der Waals surface area contributed by atoms with Crippen molar-refractivity contribution in [3.8, 4) is 5.75 Å². The molecular weight excluding hydrogens is 248 g/mol. The minimum absolute atomic E-state index is 0.158. The molecule has 6 heteroatoms. The summed E-state index contributed by atoms with van der Waals surface area (Å²) in [5.41, 5.74) is 0.0866. The summed E-state index contributed by atoms with van der Waals surface area (Å²) in [5.74, 6) is -0.388. The number of benzene rings is 1. The van der Waals surface area contributed by atoms with E-state index >= 15 is 0 Å². The molecule has 1 aromatic carbocycles. The number of hydrogen-bond donors (Lipinski definition) is 2. The molecule has 1 heterocycles. The Balaban J connectivity index is 0.000000637. The van der Waals surface area contributed by atoms with E-state index in [1.54, 1.807) is 0 Å². The van der Waals surface area contributed by atoms with Gasteiger partial charge in [0.05, 0.1) is 22.1 Å². The van der Waals surface area contributed by atoms with Gasteiger partial charge in [-0.3, -0.25) is 14.9 Å². The maximum Gasteiger partial charge on any atom is 0.273 e. The van der Waals surface area contributed by atoms with Gasteiger partial charge in [-0.15, -0.1) is 0 Å². The van der Waals surface area contributed by atoms with E-state index in [-0.39, 0.29) is 17.3 Å². The summed E-state index contributed by atoms with van der Waals surface area (Å²) in [5, 5.41) is 23.1. The van der Waals surface area contributed by atoms with Gasteiger partial charge in [0.1, 0.15) is 5.75 Å². The fraction of sp³-hybridized carbons (Fsp3) is 0.462. The number of carbonyl (C=O) groups excluding carboxylic acids is 1. The van der Waals surface area contributed by atoms with Crippen molar-refractivity contribution in [3.63, 3.8) is 0 Å². The number of phenols is 1. The van der Waals surface area contributed by atoms with Crippen molar-refractivity contribution in [2.75, 3.05) is 5.32 Å². The topological polar surface area (TPSA) is 92.5 Å². The van der Waals surface area contributed by atoms with Gasteiger partial charge in [-0.2, -0.15) is 0 Å². The van der Waals surface area contributed by atoms with Gasteiger partial charge in [0.15, 0.2) is 0 Å². The minimum Gasteiger partial charge on any atom is -0.505 e. The maximum absolute atomic E-state index is 11.9. The lowest BCUT2D eigenvalue weighted by molar-refractivity contribution is -0.385. The van der Waals surface area contributed by atoms with Gasteiger partial charge in [0, 0.05) is 11.6 Å². The second-order valence-electron chi connectivity index (χ2n) is 4.53. The van der Waals surface area contributed by atoms with Gasteiger partial charge < -0.3 is 10.4 Å². The van der Waals surface area contributed by atoms with Crippen molar-refractivity contribution in [1.29, 1.82) is 0 Å². The Morgan fingerprint density at radius 3 is 2.47 bits per heavy atom. The van der Waals surface area contributed by atoms with Gasteiger partial charge >= 0.3 is 0 Å². The second kappa shape index (κ2) is 4.53. The molecule has 1 aliphatic carbocycles. The third-order valence-electron chi connectivity index (χ3n) is 3.71. The number of phenolic OH excluding ortho intramolecular Hbond substituents is 1. The predicted octanol–water partition coefficient (Wildman–Crippen LogP) is 2.70. The first-order chi connectivity index (χ1) is 9.04. The Morgan fingerprint density at radius 1 is 1.37 bits per heavy atom. The summed E-state index contributed by atoms with van der Waals surface area (Å²) >= 11 is 0. The maximum atomic E-state index is 11.9. The van der Waals surface area contributed by atoms with Crippen LogP contribution in [0.2, 0.25) is 0 Å². The Bertz CT molecular complexity index is 550. The van der Waals surface area contributed by atoms with Crippen molar-refractivity contribution in [3.05, 3.63) is 27.8 Å². The molecule has 1 aliphatic heterocycles. The van der Waals surface area contributed by atoms with Gasteiger partial charge in [-0.05, 0) is 12.8 Å². The molecule has 0 unspecified atom stereocenters. The summed E-state index contributed by atoms with van der Waals surface area (Å²) in [7, 11) is 0. The average molecular weight is 264 g/mol. The lowest BCUT2D eigenvalue weighted by atomic mass is 9.65. The number of aromatic hydroxyl groups is 1. The van der Waals surface area contributed by atoms with E-state index in [0.717, 1.165) is 12.5 Å². The fourth-order valence-electron chi connectivity index (χ4n) is 2.61. The Morgan fingerprint density at radius 2 is 2.00 bits per heavy atom. The molecule has 0 radical (unpaired) electrons. The molecular formula is C13H16N2O4. The molecule has 19 heavy (non-hydrogen) atoms. The highest BCUT2D eigenvalue weighted by Gasteiger charge is 2.52. The van der Waals surface area contributed by atoms with E-state index in [1.165, 1.54) is 6.07 Å². The van der Waals surface area contributed by atoms with Crippen LogP contribution in [0.5, 0.6) is 5.75 Å². The van der Waals surface area contributed by atoms with Crippen LogP contribution in [0.15, 0.2) is 12.1 Å². The highest BCUT2D eigenvalue weighted by Crippen LogP contribution is 2.54. The molecule has 102 valence electrons. The summed E-state index contributed by atoms with van der Waals surface area (Å²) in [6, 6.07) is 2.46. The van der Waals surface area contributed by atoms with E-state index in [1.807, 2.05) is 13.8 Å². The SMILES string of the molecule is CC.O=C1Nc2c(O)cc([N+](=O)[O-])cc2C12CCC2. The van der Waals surface area contributed by atoms with Crippen LogP contribution in [0.4, 0.5) is 11.4 Å². The minimum atomic E-state index is -0.640. The Hall–Kier alpha value is -2.11. The van der Waals surface area contributed by atoms with E-state index < -0.39 is 10.3 Å². The number of nitro benzene ring substituents is 1. The van der Waals surface area contributed by atoms with Gasteiger partial charge in [-0.1, -0.05) is 20.3 Å². The lowest BCUT2D eigenvalue weighted by Gasteiger charge is -2.35. The molecule has 2 aliphatic rings. The number of rotatable bonds is 1. The summed E-state index contributed by atoms with van der Waals surface area (Å²) in [6.45, 7) is 4.00. The first-order valence-corrected chi connectivity index (χ1v) is 6.38. The summed E-state index contributed by atoms with van der Waals surface area (Å²) in [6.07, 6.45) is 2.30. The zero-order chi connectivity index (χ0) is 14.2. The molecule has 1 amide bonds. The number of amides is 1.